The van der Waals surface area contributed by atoms with Crippen molar-refractivity contribution in [1.82, 2.24) is 0 Å². The van der Waals surface area contributed by atoms with Gasteiger partial charge in [-0.2, -0.15) is 49.5 Å². The van der Waals surface area contributed by atoms with Crippen LogP contribution in [0.5, 0.6) is 0 Å². The van der Waals surface area contributed by atoms with Crippen molar-refractivity contribution in [3.8, 4) is 0 Å². The Morgan fingerprint density at radius 3 is 1.09 bits per heavy atom. The van der Waals surface area contributed by atoms with E-state index in [-0.39, 0.29) is 33.0 Å². The second-order valence-electron chi connectivity index (χ2n) is 10.9. The molecule has 2 unspecified atom stereocenters. The molecule has 2 nitrogen and oxygen atoms in total. The van der Waals surface area contributed by atoms with Gasteiger partial charge in [-0.3, -0.25) is 12.1 Å². The minimum atomic E-state index is -0.963. The molecule has 0 aromatic heterocycles. The van der Waals surface area contributed by atoms with Crippen LogP contribution in [-0.4, -0.2) is 41.3 Å². The van der Waals surface area contributed by atoms with Gasteiger partial charge in [-0.15, -0.1) is 16.1 Å². The number of piperidine rings is 2. The van der Waals surface area contributed by atoms with Crippen molar-refractivity contribution in [2.45, 2.75) is 89.9 Å². The Morgan fingerprint density at radius 1 is 0.588 bits per heavy atom. The maximum absolute atomic E-state index is 4.59. The summed E-state index contributed by atoms with van der Waals surface area (Å²) in [5.41, 5.74) is 0. The Balaban J connectivity index is 0. The first-order valence-electron chi connectivity index (χ1n) is 12.5. The van der Waals surface area contributed by atoms with Crippen molar-refractivity contribution >= 4 is 16.1 Å². The second-order valence-corrected chi connectivity index (χ2v) is 21.1. The molecule has 2 heterocycles. The standard InChI is InChI=1S/2C9H19NSi.2C5H5.2Ni/c2*1-11(2,3)8-9-6-4-5-7-10-9;2*1-2-4-5-3-1;;/h2*8-9H,4-7H2,1-3H3;2*1-5H;;/q2*-2;2*-1;;. The van der Waals surface area contributed by atoms with Gasteiger partial charge in [0.05, 0.1) is 0 Å². The molecule has 6 heteroatoms. The van der Waals surface area contributed by atoms with Crippen LogP contribution in [0.25, 0.3) is 10.6 Å². The molecule has 2 aliphatic heterocycles. The third-order valence-electron chi connectivity index (χ3n) is 5.04. The van der Waals surface area contributed by atoms with E-state index in [0.29, 0.717) is 12.1 Å². The maximum Gasteiger partial charge on any atom is 0 e. The van der Waals surface area contributed by atoms with Crippen LogP contribution in [0.15, 0.2) is 60.7 Å². The summed E-state index contributed by atoms with van der Waals surface area (Å²) in [6.07, 6.45) is 8.02. The van der Waals surface area contributed by atoms with E-state index in [1.807, 2.05) is 60.7 Å². The Labute approximate surface area is 234 Å². The molecule has 34 heavy (non-hydrogen) atoms. The Morgan fingerprint density at radius 2 is 0.912 bits per heavy atom. The van der Waals surface area contributed by atoms with Gasteiger partial charge < -0.3 is 22.7 Å². The van der Waals surface area contributed by atoms with E-state index < -0.39 is 16.1 Å². The molecular weight excluding hydrogens is 538 g/mol. The van der Waals surface area contributed by atoms with Gasteiger partial charge in [-0.05, 0) is 0 Å². The van der Waals surface area contributed by atoms with E-state index in [4.69, 9.17) is 0 Å². The van der Waals surface area contributed by atoms with Crippen molar-refractivity contribution in [3.05, 3.63) is 83.4 Å². The van der Waals surface area contributed by atoms with Gasteiger partial charge in [0.1, 0.15) is 0 Å². The van der Waals surface area contributed by atoms with Crippen LogP contribution in [0.4, 0.5) is 0 Å². The average molecular weight is 586 g/mol. The number of hydrogen-bond donors (Lipinski definition) is 0. The number of nitrogens with zero attached hydrogens (tertiary/aromatic N) is 2. The SMILES string of the molecule is C[Si](C)(C)[CH-]C1CCCC[N-]1.C[Si](C)(C)[CH-]C1CCCC[N-]1.[Ni].[Ni].c1cc[cH-]c1.c1cc[cH-]c1. The van der Waals surface area contributed by atoms with E-state index in [9.17, 15) is 0 Å². The number of hydrogen-bond acceptors (Lipinski definition) is 0. The van der Waals surface area contributed by atoms with E-state index in [0.717, 1.165) is 13.1 Å². The summed E-state index contributed by atoms with van der Waals surface area (Å²) in [5.74, 6) is 0. The molecule has 0 N–H and O–H groups in total. The zero-order valence-electron chi connectivity index (χ0n) is 22.3. The molecule has 4 rings (SSSR count). The molecule has 2 atom stereocenters. The van der Waals surface area contributed by atoms with Gasteiger partial charge >= 0.3 is 0 Å². The van der Waals surface area contributed by atoms with Gasteiger partial charge in [0.25, 0.3) is 0 Å². The predicted octanol–water partition coefficient (Wildman–Crippen LogP) is 8.79. The molecule has 0 radical (unpaired) electrons. The molecule has 2 aromatic rings. The zero-order valence-corrected chi connectivity index (χ0v) is 26.2. The van der Waals surface area contributed by atoms with Crippen molar-refractivity contribution in [3.63, 3.8) is 0 Å². The Hall–Kier alpha value is 0.0408. The minimum Gasteiger partial charge on any atom is -0.686 e. The van der Waals surface area contributed by atoms with Crippen molar-refractivity contribution < 1.29 is 33.0 Å². The smallest absolute Gasteiger partial charge is 0 e. The number of rotatable bonds is 4. The van der Waals surface area contributed by atoms with Crippen molar-refractivity contribution in [2.75, 3.05) is 13.1 Å². The third kappa shape index (κ3) is 23.8. The van der Waals surface area contributed by atoms with Gasteiger partial charge in [0.15, 0.2) is 0 Å². The van der Waals surface area contributed by atoms with Gasteiger partial charge in [-0.1, -0.05) is 77.8 Å². The molecular formula is C28H48N2Ni2Si2-6. The summed E-state index contributed by atoms with van der Waals surface area (Å²) >= 11 is 0. The minimum absolute atomic E-state index is 0. The summed E-state index contributed by atoms with van der Waals surface area (Å²) in [5, 5.41) is 9.19. The van der Waals surface area contributed by atoms with Crippen LogP contribution >= 0.6 is 0 Å². The fraction of sp³-hybridized carbons (Fsp3) is 0.571. The van der Waals surface area contributed by atoms with Crippen molar-refractivity contribution in [1.29, 1.82) is 0 Å². The summed E-state index contributed by atoms with van der Waals surface area (Å²) in [6.45, 7) is 16.5. The molecule has 2 fully saturated rings. The van der Waals surface area contributed by atoms with Gasteiger partial charge in [-0.25, -0.2) is 24.3 Å². The van der Waals surface area contributed by atoms with Crippen LogP contribution in [0.2, 0.25) is 39.3 Å². The third-order valence-corrected chi connectivity index (χ3v) is 7.81. The van der Waals surface area contributed by atoms with Crippen LogP contribution < -0.4 is 0 Å². The summed E-state index contributed by atoms with van der Waals surface area (Å²) in [6, 6.07) is 26.3. The van der Waals surface area contributed by atoms with Crippen LogP contribution in [0, 0.1) is 12.1 Å². The normalized spacial score (nSPS) is 19.8. The molecule has 0 saturated carbocycles. The molecule has 0 spiro atoms. The van der Waals surface area contributed by atoms with E-state index >= 15 is 0 Å². The fourth-order valence-corrected chi connectivity index (χ4v) is 6.55. The molecule has 0 aliphatic carbocycles. The quantitative estimate of drug-likeness (QED) is 0.253. The second kappa shape index (κ2) is 21.2. The molecule has 0 bridgehead atoms. The molecule has 2 aromatic carbocycles. The Kier molecular flexibility index (Phi) is 22.5. The molecule has 2 saturated heterocycles. The zero-order chi connectivity index (χ0) is 23.7. The van der Waals surface area contributed by atoms with E-state index in [1.54, 1.807) is 0 Å². The molecule has 2 aliphatic rings. The molecule has 204 valence electrons. The topological polar surface area (TPSA) is 28.2 Å². The monoisotopic (exact) mass is 584 g/mol. The van der Waals surface area contributed by atoms with E-state index in [1.165, 1.54) is 38.5 Å². The van der Waals surface area contributed by atoms with E-state index in [2.05, 4.69) is 62.0 Å². The van der Waals surface area contributed by atoms with Crippen LogP contribution in [0.3, 0.4) is 0 Å². The maximum atomic E-state index is 4.59. The predicted molar refractivity (Wildman–Crippen MR) is 151 cm³/mol. The fourth-order valence-electron chi connectivity index (χ4n) is 3.70. The summed E-state index contributed by atoms with van der Waals surface area (Å²) < 4.78 is 0. The first-order chi connectivity index (χ1) is 15.2. The van der Waals surface area contributed by atoms with Gasteiger partial charge in [0.2, 0.25) is 0 Å². The van der Waals surface area contributed by atoms with Crippen LogP contribution in [-0.2, 0) is 33.0 Å². The molecule has 0 amide bonds. The first-order valence-corrected chi connectivity index (χ1v) is 19.7. The van der Waals surface area contributed by atoms with Crippen molar-refractivity contribution in [2.24, 2.45) is 0 Å². The summed E-state index contributed by atoms with van der Waals surface area (Å²) in [4.78, 5) is 0. The Bertz CT molecular complexity index is 517. The van der Waals surface area contributed by atoms with Crippen LogP contribution in [0.1, 0.15) is 38.5 Å². The van der Waals surface area contributed by atoms with Gasteiger partial charge in [0, 0.05) is 33.0 Å². The average Bonchev–Trinajstić information content (AvgIpc) is 3.47. The largest absolute Gasteiger partial charge is 0.686 e. The first kappa shape index (κ1) is 36.2. The summed E-state index contributed by atoms with van der Waals surface area (Å²) in [7, 11) is -1.93.